The van der Waals surface area contributed by atoms with Gasteiger partial charge in [-0.25, -0.2) is 4.39 Å². The number of ether oxygens (including phenoxy) is 1. The highest BCUT2D eigenvalue weighted by Crippen LogP contribution is 2.26. The topological polar surface area (TPSA) is 64.3 Å². The highest BCUT2D eigenvalue weighted by atomic mass is 79.9. The monoisotopic (exact) mass is 396 g/mol. The standard InChI is InChI=1S/C15H22BrFN2O2.ClH/c1-9(2)15(4,8-18)19-14(20)10(3)21-13-6-5-11(17)7-12(13)16;/h5-7,9-10H,8,18H2,1-4H3,(H,19,20);1H. The molecule has 22 heavy (non-hydrogen) atoms. The third-order valence-electron chi connectivity index (χ3n) is 3.67. The summed E-state index contributed by atoms with van der Waals surface area (Å²) in [5, 5.41) is 2.92. The minimum atomic E-state index is -0.712. The Labute approximate surface area is 145 Å². The van der Waals surface area contributed by atoms with Crippen molar-refractivity contribution in [2.24, 2.45) is 11.7 Å². The summed E-state index contributed by atoms with van der Waals surface area (Å²) in [6.45, 7) is 7.87. The molecule has 0 spiro atoms. The zero-order chi connectivity index (χ0) is 16.2. The summed E-state index contributed by atoms with van der Waals surface area (Å²) in [4.78, 5) is 12.2. The summed E-state index contributed by atoms with van der Waals surface area (Å²) in [7, 11) is 0. The van der Waals surface area contributed by atoms with E-state index in [1.165, 1.54) is 18.2 Å². The van der Waals surface area contributed by atoms with E-state index >= 15 is 0 Å². The third kappa shape index (κ3) is 5.41. The molecule has 1 amide bonds. The first-order valence-corrected chi connectivity index (χ1v) is 7.62. The molecule has 0 bridgehead atoms. The lowest BCUT2D eigenvalue weighted by Gasteiger charge is -2.34. The van der Waals surface area contributed by atoms with Crippen LogP contribution in [0.3, 0.4) is 0 Å². The first-order valence-electron chi connectivity index (χ1n) is 6.83. The van der Waals surface area contributed by atoms with Crippen LogP contribution in [0.2, 0.25) is 0 Å². The van der Waals surface area contributed by atoms with Crippen LogP contribution in [0.25, 0.3) is 0 Å². The molecule has 1 aromatic rings. The number of benzene rings is 1. The molecule has 0 aliphatic rings. The Hall–Kier alpha value is -0.850. The minimum absolute atomic E-state index is 0. The highest BCUT2D eigenvalue weighted by molar-refractivity contribution is 9.10. The van der Waals surface area contributed by atoms with Crippen molar-refractivity contribution < 1.29 is 13.9 Å². The maximum Gasteiger partial charge on any atom is 0.261 e. The van der Waals surface area contributed by atoms with Gasteiger partial charge in [0.1, 0.15) is 11.6 Å². The molecule has 1 rings (SSSR count). The molecule has 0 heterocycles. The van der Waals surface area contributed by atoms with Gasteiger partial charge in [-0.3, -0.25) is 4.79 Å². The molecule has 1 aromatic carbocycles. The Bertz CT molecular complexity index is 516. The molecule has 0 saturated carbocycles. The Morgan fingerprint density at radius 2 is 2.05 bits per heavy atom. The van der Waals surface area contributed by atoms with Gasteiger partial charge in [-0.15, -0.1) is 12.4 Å². The van der Waals surface area contributed by atoms with Crippen LogP contribution in [0.4, 0.5) is 4.39 Å². The Kier molecular flexibility index (Phi) is 8.36. The number of hydrogen-bond acceptors (Lipinski definition) is 3. The largest absolute Gasteiger partial charge is 0.480 e. The van der Waals surface area contributed by atoms with E-state index in [0.717, 1.165) is 0 Å². The van der Waals surface area contributed by atoms with E-state index in [1.54, 1.807) is 6.92 Å². The summed E-state index contributed by atoms with van der Waals surface area (Å²) >= 11 is 3.21. The van der Waals surface area contributed by atoms with Crippen molar-refractivity contribution in [2.75, 3.05) is 6.54 Å². The summed E-state index contributed by atoms with van der Waals surface area (Å²) in [6, 6.07) is 4.05. The lowest BCUT2D eigenvalue weighted by molar-refractivity contribution is -0.129. The molecule has 0 radical (unpaired) electrons. The normalized spacial score (nSPS) is 14.7. The Morgan fingerprint density at radius 1 is 1.45 bits per heavy atom. The van der Waals surface area contributed by atoms with Crippen molar-refractivity contribution in [3.63, 3.8) is 0 Å². The van der Waals surface area contributed by atoms with Crippen LogP contribution in [0, 0.1) is 11.7 Å². The zero-order valence-corrected chi connectivity index (χ0v) is 15.6. The number of halogens is 3. The molecule has 0 saturated heterocycles. The van der Waals surface area contributed by atoms with Gasteiger partial charge in [0.15, 0.2) is 6.10 Å². The molecular formula is C15H23BrClFN2O2. The lowest BCUT2D eigenvalue weighted by Crippen LogP contribution is -2.57. The second kappa shape index (κ2) is 8.70. The quantitative estimate of drug-likeness (QED) is 0.774. The highest BCUT2D eigenvalue weighted by Gasteiger charge is 2.30. The number of nitrogens with two attached hydrogens (primary N) is 1. The van der Waals surface area contributed by atoms with Gasteiger partial charge < -0.3 is 15.8 Å². The van der Waals surface area contributed by atoms with Gasteiger partial charge in [0.05, 0.1) is 10.0 Å². The number of rotatable bonds is 6. The van der Waals surface area contributed by atoms with Crippen molar-refractivity contribution in [2.45, 2.75) is 39.3 Å². The molecular weight excluding hydrogens is 375 g/mol. The molecule has 126 valence electrons. The molecule has 0 fully saturated rings. The maximum absolute atomic E-state index is 13.0. The van der Waals surface area contributed by atoms with Crippen LogP contribution in [0.15, 0.2) is 22.7 Å². The molecule has 4 nitrogen and oxygen atoms in total. The summed E-state index contributed by atoms with van der Waals surface area (Å²) in [5.41, 5.74) is 5.25. The second-order valence-electron chi connectivity index (χ2n) is 5.60. The fraction of sp³-hybridized carbons (Fsp3) is 0.533. The number of carbonyl (C=O) groups excluding carboxylic acids is 1. The van der Waals surface area contributed by atoms with Crippen LogP contribution in [0.5, 0.6) is 5.75 Å². The van der Waals surface area contributed by atoms with E-state index in [0.29, 0.717) is 16.8 Å². The molecule has 0 aromatic heterocycles. The van der Waals surface area contributed by atoms with Crippen LogP contribution in [-0.4, -0.2) is 24.1 Å². The number of hydrogen-bond donors (Lipinski definition) is 2. The fourth-order valence-electron chi connectivity index (χ4n) is 1.63. The van der Waals surface area contributed by atoms with Gasteiger partial charge in [0, 0.05) is 6.54 Å². The average Bonchev–Trinajstić information content (AvgIpc) is 2.41. The van der Waals surface area contributed by atoms with Crippen LogP contribution >= 0.6 is 28.3 Å². The van der Waals surface area contributed by atoms with Crippen molar-refractivity contribution in [3.05, 3.63) is 28.5 Å². The molecule has 0 aliphatic heterocycles. The SMILES string of the molecule is CC(Oc1ccc(F)cc1Br)C(=O)NC(C)(CN)C(C)C.Cl. The summed E-state index contributed by atoms with van der Waals surface area (Å²) in [6.07, 6.45) is -0.712. The Morgan fingerprint density at radius 3 is 2.50 bits per heavy atom. The van der Waals surface area contributed by atoms with Crippen molar-refractivity contribution >= 4 is 34.2 Å². The predicted octanol–water partition coefficient (Wildman–Crippen LogP) is 3.27. The molecule has 7 heteroatoms. The molecule has 2 unspecified atom stereocenters. The van der Waals surface area contributed by atoms with Gasteiger partial charge >= 0.3 is 0 Å². The number of nitrogens with one attached hydrogen (secondary N) is 1. The summed E-state index contributed by atoms with van der Waals surface area (Å²) < 4.78 is 19.1. The molecule has 3 N–H and O–H groups in total. The smallest absolute Gasteiger partial charge is 0.261 e. The maximum atomic E-state index is 13.0. The fourth-order valence-corrected chi connectivity index (χ4v) is 2.07. The van der Waals surface area contributed by atoms with Gasteiger partial charge in [-0.1, -0.05) is 13.8 Å². The third-order valence-corrected chi connectivity index (χ3v) is 4.29. The Balaban J connectivity index is 0.00000441. The van der Waals surface area contributed by atoms with Gasteiger partial charge in [-0.05, 0) is 53.9 Å². The van der Waals surface area contributed by atoms with Crippen LogP contribution in [-0.2, 0) is 4.79 Å². The molecule has 0 aliphatic carbocycles. The minimum Gasteiger partial charge on any atom is -0.480 e. The first-order chi connectivity index (χ1) is 9.69. The van der Waals surface area contributed by atoms with E-state index in [-0.39, 0.29) is 30.0 Å². The van der Waals surface area contributed by atoms with E-state index in [9.17, 15) is 9.18 Å². The van der Waals surface area contributed by atoms with Crippen molar-refractivity contribution in [3.8, 4) is 5.75 Å². The lowest BCUT2D eigenvalue weighted by atomic mass is 9.88. The van der Waals surface area contributed by atoms with Gasteiger partial charge in [0.2, 0.25) is 0 Å². The first kappa shape index (κ1) is 21.1. The second-order valence-corrected chi connectivity index (χ2v) is 6.45. The zero-order valence-electron chi connectivity index (χ0n) is 13.2. The van der Waals surface area contributed by atoms with Crippen molar-refractivity contribution in [1.29, 1.82) is 0 Å². The van der Waals surface area contributed by atoms with E-state index in [4.69, 9.17) is 10.5 Å². The number of amides is 1. The van der Waals surface area contributed by atoms with Gasteiger partial charge in [-0.2, -0.15) is 0 Å². The van der Waals surface area contributed by atoms with E-state index in [2.05, 4.69) is 21.2 Å². The van der Waals surface area contributed by atoms with Gasteiger partial charge in [0.25, 0.3) is 5.91 Å². The van der Waals surface area contributed by atoms with E-state index in [1.807, 2.05) is 20.8 Å². The van der Waals surface area contributed by atoms with Crippen LogP contribution < -0.4 is 15.8 Å². The molecule has 2 atom stereocenters. The van der Waals surface area contributed by atoms with Crippen molar-refractivity contribution in [1.82, 2.24) is 5.32 Å². The van der Waals surface area contributed by atoms with E-state index < -0.39 is 11.6 Å². The summed E-state index contributed by atoms with van der Waals surface area (Å²) in [5.74, 6) is -0.0241. The number of carbonyl (C=O) groups is 1. The average molecular weight is 398 g/mol. The predicted molar refractivity (Wildman–Crippen MR) is 91.9 cm³/mol. The van der Waals surface area contributed by atoms with Crippen LogP contribution in [0.1, 0.15) is 27.7 Å².